The van der Waals surface area contributed by atoms with Gasteiger partial charge in [0.2, 0.25) is 5.96 Å². The van der Waals surface area contributed by atoms with Crippen LogP contribution in [0.5, 0.6) is 0 Å². The third-order valence-corrected chi connectivity index (χ3v) is 3.62. The molecule has 0 atom stereocenters. The van der Waals surface area contributed by atoms with E-state index in [0.717, 1.165) is 11.1 Å². The first kappa shape index (κ1) is 20.9. The maximum Gasteiger partial charge on any atom is 0.340 e. The molecule has 0 aliphatic rings. The number of anilines is 1. The van der Waals surface area contributed by atoms with Crippen molar-refractivity contribution in [3.8, 4) is 11.1 Å². The van der Waals surface area contributed by atoms with Crippen LogP contribution in [0.4, 0.5) is 10.5 Å². The van der Waals surface area contributed by atoms with Crippen molar-refractivity contribution in [2.75, 3.05) is 18.9 Å². The van der Waals surface area contributed by atoms with Crippen LogP contribution in [0.1, 0.15) is 31.1 Å². The van der Waals surface area contributed by atoms with Gasteiger partial charge in [-0.3, -0.25) is 15.3 Å². The van der Waals surface area contributed by atoms with Crippen molar-refractivity contribution in [1.29, 1.82) is 0 Å². The van der Waals surface area contributed by atoms with Gasteiger partial charge in [0.05, 0.1) is 17.4 Å². The van der Waals surface area contributed by atoms with Gasteiger partial charge < -0.3 is 15.4 Å². The Morgan fingerprint density at radius 3 is 2.61 bits per heavy atom. The summed E-state index contributed by atoms with van der Waals surface area (Å²) in [4.78, 5) is 32.5. The van der Waals surface area contributed by atoms with Crippen molar-refractivity contribution < 1.29 is 14.3 Å². The lowest BCUT2D eigenvalue weighted by Crippen LogP contribution is -2.42. The van der Waals surface area contributed by atoms with E-state index in [2.05, 4.69) is 25.9 Å². The van der Waals surface area contributed by atoms with Crippen molar-refractivity contribution in [3.63, 3.8) is 0 Å². The lowest BCUT2D eigenvalue weighted by atomic mass is 10.0. The molecule has 0 bridgehead atoms. The van der Waals surface area contributed by atoms with E-state index in [0.29, 0.717) is 17.8 Å². The molecule has 8 nitrogen and oxygen atoms in total. The number of guanidine groups is 1. The number of ether oxygens (including phenoxy) is 1. The topological polar surface area (TPSA) is 105 Å². The van der Waals surface area contributed by atoms with Crippen LogP contribution in [0.15, 0.2) is 47.7 Å². The van der Waals surface area contributed by atoms with Crippen LogP contribution in [0.2, 0.25) is 0 Å². The van der Waals surface area contributed by atoms with Crippen LogP contribution >= 0.6 is 0 Å². The summed E-state index contributed by atoms with van der Waals surface area (Å²) in [5, 5.41) is 8.20. The summed E-state index contributed by atoms with van der Waals surface area (Å²) in [6.07, 6.45) is 3.13. The monoisotopic (exact) mass is 383 g/mol. The average molecular weight is 383 g/mol. The molecule has 3 N–H and O–H groups in total. The molecule has 0 aliphatic heterocycles. The summed E-state index contributed by atoms with van der Waals surface area (Å²) in [6, 6.07) is 8.65. The van der Waals surface area contributed by atoms with Crippen molar-refractivity contribution in [1.82, 2.24) is 15.6 Å². The number of esters is 1. The molecule has 0 aliphatic carbocycles. The molecule has 0 saturated carbocycles. The molecule has 0 saturated heterocycles. The van der Waals surface area contributed by atoms with Gasteiger partial charge in [-0.25, -0.2) is 9.59 Å². The molecule has 0 unspecified atom stereocenters. The van der Waals surface area contributed by atoms with Gasteiger partial charge in [0.1, 0.15) is 0 Å². The first-order valence-corrected chi connectivity index (χ1v) is 8.98. The Kier molecular flexibility index (Phi) is 7.50. The second-order valence-electron chi connectivity index (χ2n) is 6.14. The molecule has 8 heteroatoms. The lowest BCUT2D eigenvalue weighted by molar-refractivity contribution is 0.0379. The van der Waals surface area contributed by atoms with Crippen LogP contribution in [0.25, 0.3) is 11.1 Å². The van der Waals surface area contributed by atoms with E-state index in [1.165, 1.54) is 7.05 Å². The number of nitrogens with one attached hydrogen (secondary N) is 3. The third kappa shape index (κ3) is 5.80. The van der Waals surface area contributed by atoms with E-state index in [9.17, 15) is 9.59 Å². The lowest BCUT2D eigenvalue weighted by Gasteiger charge is -2.16. The van der Waals surface area contributed by atoms with Crippen LogP contribution in [0, 0.1) is 0 Å². The maximum absolute atomic E-state index is 12.6. The number of rotatable bonds is 5. The second-order valence-corrected chi connectivity index (χ2v) is 6.14. The standard InChI is InChI=1S/C20H25N5O3/c1-5-23-20(27)25-19(21-4)24-17-9-8-14(15-7-6-10-22-12-15)11-16(17)18(26)28-13(2)3/h6-13H,5H2,1-4H3,(H3,21,23,24,25,27). The average Bonchev–Trinajstić information content (AvgIpc) is 2.68. The highest BCUT2D eigenvalue weighted by Gasteiger charge is 2.17. The zero-order chi connectivity index (χ0) is 20.5. The minimum atomic E-state index is -0.475. The van der Waals surface area contributed by atoms with Crippen molar-refractivity contribution in [2.24, 2.45) is 4.99 Å². The zero-order valence-corrected chi connectivity index (χ0v) is 16.4. The van der Waals surface area contributed by atoms with Gasteiger partial charge in [-0.05, 0) is 44.5 Å². The SMILES string of the molecule is CCNC(=O)NC(=NC)Nc1ccc(-c2cccnc2)cc1C(=O)OC(C)C. The molecule has 2 amide bonds. The normalized spacial score (nSPS) is 11.1. The molecule has 2 rings (SSSR count). The van der Waals surface area contributed by atoms with Crippen LogP contribution in [-0.2, 0) is 4.74 Å². The van der Waals surface area contributed by atoms with E-state index in [1.807, 2.05) is 25.1 Å². The third-order valence-electron chi connectivity index (χ3n) is 3.62. The van der Waals surface area contributed by atoms with Gasteiger partial charge in [0, 0.05) is 31.5 Å². The molecule has 0 radical (unpaired) electrons. The first-order valence-electron chi connectivity index (χ1n) is 8.98. The van der Waals surface area contributed by atoms with E-state index < -0.39 is 12.0 Å². The van der Waals surface area contributed by atoms with E-state index in [1.54, 1.807) is 38.4 Å². The van der Waals surface area contributed by atoms with E-state index >= 15 is 0 Å². The summed E-state index contributed by atoms with van der Waals surface area (Å²) in [6.45, 7) is 5.86. The molecule has 0 spiro atoms. The number of hydrogen-bond acceptors (Lipinski definition) is 5. The second kappa shape index (κ2) is 10.1. The largest absolute Gasteiger partial charge is 0.459 e. The molecular weight excluding hydrogens is 358 g/mol. The molecule has 148 valence electrons. The quantitative estimate of drug-likeness (QED) is 0.418. The molecule has 0 fully saturated rings. The summed E-state index contributed by atoms with van der Waals surface area (Å²) < 4.78 is 5.37. The van der Waals surface area contributed by atoms with Crippen molar-refractivity contribution in [2.45, 2.75) is 26.9 Å². The smallest absolute Gasteiger partial charge is 0.340 e. The number of carbonyl (C=O) groups is 2. The molecule has 1 aromatic carbocycles. The Bertz CT molecular complexity index is 850. The minimum Gasteiger partial charge on any atom is -0.459 e. The number of pyridine rings is 1. The van der Waals surface area contributed by atoms with Gasteiger partial charge in [0.15, 0.2) is 0 Å². The predicted molar refractivity (Wildman–Crippen MR) is 109 cm³/mol. The summed E-state index contributed by atoms with van der Waals surface area (Å²) >= 11 is 0. The highest BCUT2D eigenvalue weighted by atomic mass is 16.5. The number of urea groups is 1. The van der Waals surface area contributed by atoms with Crippen LogP contribution < -0.4 is 16.0 Å². The number of amides is 2. The van der Waals surface area contributed by atoms with Gasteiger partial charge in [-0.2, -0.15) is 0 Å². The molecule has 28 heavy (non-hydrogen) atoms. The molecule has 2 aromatic rings. The van der Waals surface area contributed by atoms with Crippen molar-refractivity contribution >= 4 is 23.6 Å². The highest BCUT2D eigenvalue weighted by molar-refractivity contribution is 6.07. The maximum atomic E-state index is 12.6. The Hall–Kier alpha value is -3.42. The fraction of sp³-hybridized carbons (Fsp3) is 0.300. The number of benzene rings is 1. The fourth-order valence-electron chi connectivity index (χ4n) is 2.40. The van der Waals surface area contributed by atoms with Crippen LogP contribution in [0.3, 0.4) is 0 Å². The van der Waals surface area contributed by atoms with E-state index in [4.69, 9.17) is 4.74 Å². The number of carbonyl (C=O) groups excluding carboxylic acids is 2. The number of nitrogens with zero attached hydrogens (tertiary/aromatic N) is 2. The zero-order valence-electron chi connectivity index (χ0n) is 16.4. The summed E-state index contributed by atoms with van der Waals surface area (Å²) in [7, 11) is 1.53. The van der Waals surface area contributed by atoms with Crippen molar-refractivity contribution in [3.05, 3.63) is 48.3 Å². The van der Waals surface area contributed by atoms with Gasteiger partial charge in [-0.1, -0.05) is 12.1 Å². The highest BCUT2D eigenvalue weighted by Crippen LogP contribution is 2.26. The molecular formula is C20H25N5O3. The van der Waals surface area contributed by atoms with Gasteiger partial charge in [-0.15, -0.1) is 0 Å². The Morgan fingerprint density at radius 2 is 2.00 bits per heavy atom. The number of hydrogen-bond donors (Lipinski definition) is 3. The number of aliphatic imine (C=N–C) groups is 1. The fourth-order valence-corrected chi connectivity index (χ4v) is 2.40. The Balaban J connectivity index is 2.36. The first-order chi connectivity index (χ1) is 13.4. The van der Waals surface area contributed by atoms with Gasteiger partial charge >= 0.3 is 12.0 Å². The Labute approximate surface area is 164 Å². The van der Waals surface area contributed by atoms with Crippen LogP contribution in [-0.4, -0.2) is 42.6 Å². The summed E-state index contributed by atoms with van der Waals surface area (Å²) in [5.41, 5.74) is 2.49. The minimum absolute atomic E-state index is 0.207. The Morgan fingerprint density at radius 1 is 1.21 bits per heavy atom. The molecule has 1 heterocycles. The summed E-state index contributed by atoms with van der Waals surface area (Å²) in [5.74, 6) is -0.268. The predicted octanol–water partition coefficient (Wildman–Crippen LogP) is 3.03. The molecule has 1 aromatic heterocycles. The number of aromatic nitrogens is 1. The van der Waals surface area contributed by atoms with Gasteiger partial charge in [0.25, 0.3) is 0 Å². The van der Waals surface area contributed by atoms with E-state index in [-0.39, 0.29) is 12.1 Å².